The fraction of sp³-hybridized carbons (Fsp3) is 0.375. The zero-order valence-corrected chi connectivity index (χ0v) is 19.0. The number of rotatable bonds is 8. The predicted molar refractivity (Wildman–Crippen MR) is 130 cm³/mol. The average molecular weight is 454 g/mol. The molecule has 0 aliphatic carbocycles. The molecule has 176 valence electrons. The third-order valence-electron chi connectivity index (χ3n) is 5.29. The molecule has 1 aliphatic rings. The summed E-state index contributed by atoms with van der Waals surface area (Å²) in [5.74, 6) is -0.974. The third-order valence-corrected chi connectivity index (χ3v) is 5.29. The molecule has 0 atom stereocenters. The Bertz CT molecular complexity index is 1040. The van der Waals surface area contributed by atoms with Gasteiger partial charge in [0.1, 0.15) is 0 Å². The van der Waals surface area contributed by atoms with Crippen LogP contribution in [0.25, 0.3) is 0 Å². The van der Waals surface area contributed by atoms with Crippen LogP contribution < -0.4 is 21.7 Å². The summed E-state index contributed by atoms with van der Waals surface area (Å²) < 4.78 is 5.45. The lowest BCUT2D eigenvalue weighted by Crippen LogP contribution is -2.37. The number of morpholine rings is 1. The number of aliphatic hydroxyl groups is 1. The summed E-state index contributed by atoms with van der Waals surface area (Å²) in [7, 11) is 0. The number of nitrogens with one attached hydrogen (secondary N) is 1. The van der Waals surface area contributed by atoms with Crippen LogP contribution in [0.15, 0.2) is 41.4 Å². The molecule has 33 heavy (non-hydrogen) atoms. The lowest BCUT2D eigenvalue weighted by molar-refractivity contribution is 0.0739. The summed E-state index contributed by atoms with van der Waals surface area (Å²) in [5, 5.41) is 12.8. The van der Waals surface area contributed by atoms with Crippen molar-refractivity contribution in [2.75, 3.05) is 48.8 Å². The maximum atomic E-state index is 13.0. The summed E-state index contributed by atoms with van der Waals surface area (Å²) in [6, 6.07) is 9.85. The minimum absolute atomic E-state index is 0.257. The van der Waals surface area contributed by atoms with Gasteiger partial charge >= 0.3 is 0 Å². The van der Waals surface area contributed by atoms with E-state index in [4.69, 9.17) is 16.2 Å². The number of ether oxygens (including phenoxy) is 1. The van der Waals surface area contributed by atoms with Crippen molar-refractivity contribution in [2.24, 2.45) is 10.7 Å². The number of nitrogens with two attached hydrogens (primary N) is 2. The second kappa shape index (κ2) is 10.5. The van der Waals surface area contributed by atoms with Crippen LogP contribution in [0.5, 0.6) is 0 Å². The van der Waals surface area contributed by atoms with Crippen LogP contribution in [-0.4, -0.2) is 61.6 Å². The minimum Gasteiger partial charge on any atom is -0.398 e. The summed E-state index contributed by atoms with van der Waals surface area (Å²) in [6.45, 7) is 6.39. The standard InChI is InChI=1S/C24H31N5O4/c1-24(2,32)6-7-27-15-18-13-20(21(14-19(18)25)29-8-10-33-11-9-29)28-23(31)17-5-3-4-16(12-17)22(26)30/h3-5,12-15,32H,6-11,25H2,1-2H3,(H2,26,30)(H,28,31). The molecule has 0 radical (unpaired) electrons. The molecule has 1 saturated heterocycles. The normalized spacial score (nSPS) is 14.5. The molecule has 2 amide bonds. The SMILES string of the molecule is CC(C)(O)CCN=Cc1cc(NC(=O)c2cccc(C(N)=O)c2)c(N2CCOCC2)cc1N. The Morgan fingerprint density at radius 1 is 1.21 bits per heavy atom. The van der Waals surface area contributed by atoms with E-state index < -0.39 is 11.5 Å². The molecular formula is C24H31N5O4. The molecule has 2 aromatic carbocycles. The number of hydrogen-bond donors (Lipinski definition) is 4. The predicted octanol–water partition coefficient (Wildman–Crippen LogP) is 2.04. The number of anilines is 3. The Kier molecular flexibility index (Phi) is 7.67. The van der Waals surface area contributed by atoms with Crippen molar-refractivity contribution in [3.8, 4) is 0 Å². The summed E-state index contributed by atoms with van der Waals surface area (Å²) in [5.41, 5.74) is 13.9. The van der Waals surface area contributed by atoms with Crippen molar-refractivity contribution < 1.29 is 19.4 Å². The van der Waals surface area contributed by atoms with Crippen molar-refractivity contribution in [3.05, 3.63) is 53.1 Å². The number of nitrogens with zero attached hydrogens (tertiary/aromatic N) is 2. The van der Waals surface area contributed by atoms with Gasteiger partial charge < -0.3 is 31.5 Å². The first-order chi connectivity index (χ1) is 15.6. The van der Waals surface area contributed by atoms with E-state index in [0.29, 0.717) is 61.8 Å². The Morgan fingerprint density at radius 3 is 2.58 bits per heavy atom. The highest BCUT2D eigenvalue weighted by Gasteiger charge is 2.19. The first-order valence-electron chi connectivity index (χ1n) is 10.8. The van der Waals surface area contributed by atoms with Crippen LogP contribution in [0.2, 0.25) is 0 Å². The van der Waals surface area contributed by atoms with Gasteiger partial charge in [0, 0.05) is 48.2 Å². The van der Waals surface area contributed by atoms with Gasteiger partial charge in [-0.3, -0.25) is 14.6 Å². The molecule has 0 unspecified atom stereocenters. The van der Waals surface area contributed by atoms with E-state index >= 15 is 0 Å². The van der Waals surface area contributed by atoms with E-state index in [-0.39, 0.29) is 11.5 Å². The van der Waals surface area contributed by atoms with Crippen molar-refractivity contribution in [3.63, 3.8) is 0 Å². The van der Waals surface area contributed by atoms with Crippen molar-refractivity contribution >= 4 is 35.1 Å². The van der Waals surface area contributed by atoms with Gasteiger partial charge in [-0.1, -0.05) is 6.07 Å². The maximum Gasteiger partial charge on any atom is 0.255 e. The third kappa shape index (κ3) is 6.77. The highest BCUT2D eigenvalue weighted by Crippen LogP contribution is 2.32. The lowest BCUT2D eigenvalue weighted by Gasteiger charge is -2.31. The molecule has 0 saturated carbocycles. The number of aliphatic imine (C=N–C) groups is 1. The molecule has 0 bridgehead atoms. The van der Waals surface area contributed by atoms with Gasteiger partial charge in [-0.15, -0.1) is 0 Å². The average Bonchev–Trinajstić information content (AvgIpc) is 2.78. The first-order valence-corrected chi connectivity index (χ1v) is 10.8. The van der Waals surface area contributed by atoms with Crippen molar-refractivity contribution in [2.45, 2.75) is 25.9 Å². The van der Waals surface area contributed by atoms with E-state index in [1.54, 1.807) is 44.3 Å². The van der Waals surface area contributed by atoms with Gasteiger partial charge in [0.2, 0.25) is 5.91 Å². The van der Waals surface area contributed by atoms with Gasteiger partial charge in [-0.2, -0.15) is 0 Å². The molecule has 1 fully saturated rings. The van der Waals surface area contributed by atoms with E-state index in [1.807, 2.05) is 6.07 Å². The Labute approximate surface area is 193 Å². The van der Waals surface area contributed by atoms with Gasteiger partial charge in [-0.25, -0.2) is 0 Å². The van der Waals surface area contributed by atoms with Crippen LogP contribution in [-0.2, 0) is 4.74 Å². The molecule has 1 aliphatic heterocycles. The molecule has 9 heteroatoms. The number of carbonyl (C=O) groups excluding carboxylic acids is 2. The van der Waals surface area contributed by atoms with Crippen LogP contribution >= 0.6 is 0 Å². The number of hydrogen-bond acceptors (Lipinski definition) is 7. The zero-order valence-electron chi connectivity index (χ0n) is 19.0. The molecule has 0 spiro atoms. The number of primary amides is 1. The molecule has 1 heterocycles. The van der Waals surface area contributed by atoms with Crippen LogP contribution in [0, 0.1) is 0 Å². The second-order valence-electron chi connectivity index (χ2n) is 8.59. The molecular weight excluding hydrogens is 422 g/mol. The van der Waals surface area contributed by atoms with Crippen LogP contribution in [0.1, 0.15) is 46.5 Å². The number of amides is 2. The number of nitrogen functional groups attached to an aromatic ring is 1. The fourth-order valence-corrected chi connectivity index (χ4v) is 3.41. The fourth-order valence-electron chi connectivity index (χ4n) is 3.41. The minimum atomic E-state index is -0.804. The van der Waals surface area contributed by atoms with Gasteiger partial charge in [-0.05, 0) is 50.6 Å². The van der Waals surface area contributed by atoms with Crippen molar-refractivity contribution in [1.82, 2.24) is 0 Å². The van der Waals surface area contributed by atoms with E-state index in [9.17, 15) is 14.7 Å². The number of benzene rings is 2. The highest BCUT2D eigenvalue weighted by atomic mass is 16.5. The van der Waals surface area contributed by atoms with Crippen molar-refractivity contribution in [1.29, 1.82) is 0 Å². The van der Waals surface area contributed by atoms with Crippen LogP contribution in [0.3, 0.4) is 0 Å². The van der Waals surface area contributed by atoms with E-state index in [1.165, 1.54) is 6.07 Å². The lowest BCUT2D eigenvalue weighted by atomic mass is 10.1. The Hall–Kier alpha value is -3.43. The maximum absolute atomic E-state index is 13.0. The summed E-state index contributed by atoms with van der Waals surface area (Å²) >= 11 is 0. The van der Waals surface area contributed by atoms with Gasteiger partial charge in [0.25, 0.3) is 5.91 Å². The van der Waals surface area contributed by atoms with Gasteiger partial charge in [0.15, 0.2) is 0 Å². The van der Waals surface area contributed by atoms with E-state index in [0.717, 1.165) is 5.69 Å². The number of carbonyl (C=O) groups is 2. The molecule has 9 nitrogen and oxygen atoms in total. The van der Waals surface area contributed by atoms with E-state index in [2.05, 4.69) is 15.2 Å². The topological polar surface area (TPSA) is 143 Å². The molecule has 6 N–H and O–H groups in total. The monoisotopic (exact) mass is 453 g/mol. The Morgan fingerprint density at radius 2 is 1.91 bits per heavy atom. The zero-order chi connectivity index (χ0) is 24.0. The largest absolute Gasteiger partial charge is 0.398 e. The highest BCUT2D eigenvalue weighted by molar-refractivity contribution is 6.08. The van der Waals surface area contributed by atoms with Crippen LogP contribution in [0.4, 0.5) is 17.1 Å². The smallest absolute Gasteiger partial charge is 0.255 e. The molecule has 3 rings (SSSR count). The first kappa shape index (κ1) is 24.2. The molecule has 0 aromatic heterocycles. The second-order valence-corrected chi connectivity index (χ2v) is 8.59. The Balaban J connectivity index is 1.90. The van der Waals surface area contributed by atoms with Gasteiger partial charge in [0.05, 0.1) is 30.2 Å². The quantitative estimate of drug-likeness (QED) is 0.356. The summed E-state index contributed by atoms with van der Waals surface area (Å²) in [4.78, 5) is 31.0. The molecule has 2 aromatic rings. The summed E-state index contributed by atoms with van der Waals surface area (Å²) in [6.07, 6.45) is 2.16.